The van der Waals surface area contributed by atoms with Crippen LogP contribution in [-0.4, -0.2) is 39.8 Å². The molecule has 1 aromatic heterocycles. The second kappa shape index (κ2) is 8.17. The molecule has 2 aliphatic heterocycles. The molecule has 0 aliphatic carbocycles. The number of anilines is 4. The van der Waals surface area contributed by atoms with Gasteiger partial charge in [-0.25, -0.2) is 0 Å². The summed E-state index contributed by atoms with van der Waals surface area (Å²) in [6.07, 6.45) is 3.12. The normalized spacial score (nSPS) is 18.2. The molecular weight excluding hydrogens is 402 g/mol. The highest BCUT2D eigenvalue weighted by molar-refractivity contribution is 6.05. The molecule has 4 N–H and O–H groups in total. The summed E-state index contributed by atoms with van der Waals surface area (Å²) in [7, 11) is 0. The maximum Gasteiger partial charge on any atom is 0.269 e. The molecule has 2 aromatic rings. The molecule has 162 valence electrons. The number of amides is 2. The molecule has 31 heavy (non-hydrogen) atoms. The van der Waals surface area contributed by atoms with E-state index in [1.54, 1.807) is 6.92 Å². The Morgan fingerprint density at radius 3 is 2.71 bits per heavy atom. The minimum absolute atomic E-state index is 0.0687. The molecule has 3 heterocycles. The van der Waals surface area contributed by atoms with Gasteiger partial charge in [0.1, 0.15) is 11.6 Å². The van der Waals surface area contributed by atoms with Crippen LogP contribution >= 0.6 is 0 Å². The molecule has 1 aromatic carbocycles. The fraction of sp³-hybridized carbons (Fsp3) is 0.400. The van der Waals surface area contributed by atoms with Crippen molar-refractivity contribution in [3.8, 4) is 0 Å². The Labute approximate surface area is 178 Å². The van der Waals surface area contributed by atoms with Gasteiger partial charge in [-0.2, -0.15) is 9.97 Å². The number of piperidine rings is 1. The van der Waals surface area contributed by atoms with Gasteiger partial charge in [0.05, 0.1) is 16.4 Å². The van der Waals surface area contributed by atoms with Gasteiger partial charge in [0, 0.05) is 37.3 Å². The molecular formula is C20H23N7O4. The topological polar surface area (TPSA) is 156 Å². The van der Waals surface area contributed by atoms with Crippen LogP contribution in [0.15, 0.2) is 18.2 Å². The van der Waals surface area contributed by atoms with Crippen LogP contribution in [0.5, 0.6) is 0 Å². The van der Waals surface area contributed by atoms with E-state index in [1.165, 1.54) is 18.2 Å². The Hall–Kier alpha value is -3.76. The number of fused-ring (bicyclic) bond motifs is 1. The maximum atomic E-state index is 13.0. The number of nitro benzene ring substituents is 1. The summed E-state index contributed by atoms with van der Waals surface area (Å²) in [5.41, 5.74) is 7.49. The van der Waals surface area contributed by atoms with E-state index in [2.05, 4.69) is 20.6 Å². The highest BCUT2D eigenvalue weighted by Crippen LogP contribution is 2.37. The van der Waals surface area contributed by atoms with Gasteiger partial charge in [0.15, 0.2) is 0 Å². The quantitative estimate of drug-likeness (QED) is 0.498. The Morgan fingerprint density at radius 1 is 1.29 bits per heavy atom. The van der Waals surface area contributed by atoms with Crippen molar-refractivity contribution in [3.63, 3.8) is 0 Å². The number of nitrogens with one attached hydrogen (secondary N) is 2. The van der Waals surface area contributed by atoms with E-state index in [1.807, 2.05) is 4.90 Å². The minimum atomic E-state index is -0.867. The number of aromatic nitrogens is 2. The van der Waals surface area contributed by atoms with Gasteiger partial charge in [-0.1, -0.05) is 0 Å². The first-order valence-electron chi connectivity index (χ1n) is 10.1. The predicted octanol–water partition coefficient (Wildman–Crippen LogP) is 2.33. The summed E-state index contributed by atoms with van der Waals surface area (Å²) in [6.45, 7) is 3.29. The van der Waals surface area contributed by atoms with Gasteiger partial charge >= 0.3 is 0 Å². The largest absolute Gasteiger partial charge is 0.383 e. The van der Waals surface area contributed by atoms with Crippen LogP contribution in [0.1, 0.15) is 42.7 Å². The molecule has 4 rings (SSSR count). The van der Waals surface area contributed by atoms with Gasteiger partial charge in [0.25, 0.3) is 5.69 Å². The first-order valence-corrected chi connectivity index (χ1v) is 10.1. The van der Waals surface area contributed by atoms with Crippen molar-refractivity contribution in [2.45, 2.75) is 38.5 Å². The second-order valence-corrected chi connectivity index (χ2v) is 7.77. The number of rotatable bonds is 4. The van der Waals surface area contributed by atoms with Crippen LogP contribution in [0, 0.1) is 17.0 Å². The zero-order valence-electron chi connectivity index (χ0n) is 17.1. The highest BCUT2D eigenvalue weighted by Gasteiger charge is 2.35. The lowest BCUT2D eigenvalue weighted by atomic mass is 9.91. The minimum Gasteiger partial charge on any atom is -0.383 e. The lowest BCUT2D eigenvalue weighted by Gasteiger charge is -2.30. The smallest absolute Gasteiger partial charge is 0.269 e. The van der Waals surface area contributed by atoms with Crippen LogP contribution < -0.4 is 21.3 Å². The Bertz CT molecular complexity index is 1070. The molecule has 1 fully saturated rings. The number of carbonyl (C=O) groups is 2. The molecule has 11 nitrogen and oxygen atoms in total. The second-order valence-electron chi connectivity index (χ2n) is 7.77. The van der Waals surface area contributed by atoms with Crippen molar-refractivity contribution in [3.05, 3.63) is 39.4 Å². The van der Waals surface area contributed by atoms with E-state index >= 15 is 0 Å². The van der Waals surface area contributed by atoms with Crippen LogP contribution in [0.4, 0.5) is 29.0 Å². The lowest BCUT2D eigenvalue weighted by Crippen LogP contribution is -2.35. The number of nitrogens with two attached hydrogens (primary N) is 1. The summed E-state index contributed by atoms with van der Waals surface area (Å²) < 4.78 is 0. The average Bonchev–Trinajstić information content (AvgIpc) is 2.74. The van der Waals surface area contributed by atoms with E-state index in [0.717, 1.165) is 32.4 Å². The monoisotopic (exact) mass is 425 g/mol. The Morgan fingerprint density at radius 2 is 2.03 bits per heavy atom. The molecule has 0 bridgehead atoms. The summed E-state index contributed by atoms with van der Waals surface area (Å²) in [6, 6.07) is 4.15. The van der Waals surface area contributed by atoms with Crippen molar-refractivity contribution < 1.29 is 14.5 Å². The van der Waals surface area contributed by atoms with Crippen LogP contribution in [0.25, 0.3) is 0 Å². The van der Waals surface area contributed by atoms with Gasteiger partial charge in [-0.05, 0) is 37.8 Å². The lowest BCUT2D eigenvalue weighted by molar-refractivity contribution is -0.384. The zero-order chi connectivity index (χ0) is 22.1. The van der Waals surface area contributed by atoms with E-state index in [0.29, 0.717) is 22.8 Å². The van der Waals surface area contributed by atoms with Crippen molar-refractivity contribution in [1.29, 1.82) is 0 Å². The third kappa shape index (κ3) is 4.11. The SMILES string of the molecule is Cc1cc([N+](=O)[O-])ccc1NC(=O)C1CC(=O)Nc2nc(N3CCCCC3)nc(N)c21. The molecule has 2 amide bonds. The summed E-state index contributed by atoms with van der Waals surface area (Å²) in [4.78, 5) is 46.7. The van der Waals surface area contributed by atoms with E-state index < -0.39 is 16.7 Å². The number of non-ortho nitro benzene ring substituents is 1. The predicted molar refractivity (Wildman–Crippen MR) is 115 cm³/mol. The number of hydrogen-bond acceptors (Lipinski definition) is 8. The van der Waals surface area contributed by atoms with Gasteiger partial charge in [0.2, 0.25) is 17.8 Å². The summed E-state index contributed by atoms with van der Waals surface area (Å²) in [5, 5.41) is 16.4. The highest BCUT2D eigenvalue weighted by atomic mass is 16.6. The molecule has 0 radical (unpaired) electrons. The third-order valence-electron chi connectivity index (χ3n) is 5.59. The number of nitrogen functional groups attached to an aromatic ring is 1. The number of hydrogen-bond donors (Lipinski definition) is 3. The van der Waals surface area contributed by atoms with Crippen molar-refractivity contribution in [2.75, 3.05) is 34.4 Å². The number of nitro groups is 1. The molecule has 1 atom stereocenters. The maximum absolute atomic E-state index is 13.0. The van der Waals surface area contributed by atoms with E-state index in [4.69, 9.17) is 5.73 Å². The first kappa shape index (κ1) is 20.5. The van der Waals surface area contributed by atoms with Crippen molar-refractivity contribution >= 4 is 40.8 Å². The van der Waals surface area contributed by atoms with Crippen LogP contribution in [0.2, 0.25) is 0 Å². The molecule has 1 saturated heterocycles. The number of benzene rings is 1. The average molecular weight is 425 g/mol. The number of aryl methyl sites for hydroxylation is 1. The first-order chi connectivity index (χ1) is 14.8. The molecule has 1 unspecified atom stereocenters. The number of nitrogens with zero attached hydrogens (tertiary/aromatic N) is 4. The summed E-state index contributed by atoms with van der Waals surface area (Å²) >= 11 is 0. The molecule has 0 saturated carbocycles. The van der Waals surface area contributed by atoms with E-state index in [9.17, 15) is 19.7 Å². The van der Waals surface area contributed by atoms with Gasteiger partial charge < -0.3 is 21.3 Å². The van der Waals surface area contributed by atoms with E-state index in [-0.39, 0.29) is 29.7 Å². The Kier molecular flexibility index (Phi) is 5.40. The van der Waals surface area contributed by atoms with Gasteiger partial charge in [-0.3, -0.25) is 19.7 Å². The van der Waals surface area contributed by atoms with Crippen molar-refractivity contribution in [2.24, 2.45) is 0 Å². The summed E-state index contributed by atoms with van der Waals surface area (Å²) in [5.74, 6) is -0.793. The molecule has 11 heteroatoms. The third-order valence-corrected chi connectivity index (χ3v) is 5.59. The molecule has 0 spiro atoms. The Balaban J connectivity index is 1.62. The molecule has 2 aliphatic rings. The van der Waals surface area contributed by atoms with Crippen LogP contribution in [0.3, 0.4) is 0 Å². The fourth-order valence-electron chi connectivity index (χ4n) is 3.96. The zero-order valence-corrected chi connectivity index (χ0v) is 17.1. The van der Waals surface area contributed by atoms with Crippen LogP contribution in [-0.2, 0) is 9.59 Å². The fourth-order valence-corrected chi connectivity index (χ4v) is 3.96. The van der Waals surface area contributed by atoms with Gasteiger partial charge in [-0.15, -0.1) is 0 Å². The number of carbonyl (C=O) groups excluding carboxylic acids is 2. The van der Waals surface area contributed by atoms with Crippen molar-refractivity contribution in [1.82, 2.24) is 9.97 Å². The standard InChI is InChI=1S/C20H23N7O4/c1-11-9-12(27(30)31)5-6-14(11)22-19(29)13-10-15(28)23-18-16(13)17(21)24-20(25-18)26-7-3-2-4-8-26/h5-6,9,13H,2-4,7-8,10H2,1H3,(H,22,29)(H3,21,23,24,25,28).